The van der Waals surface area contributed by atoms with Crippen LogP contribution in [0.15, 0.2) is 24.3 Å². The number of rotatable bonds is 0. The van der Waals surface area contributed by atoms with Gasteiger partial charge in [0, 0.05) is 11.3 Å². The molecule has 1 aliphatic heterocycles. The number of benzene rings is 1. The smallest absolute Gasteiger partial charge is 0.101 e. The molecule has 1 aromatic rings. The van der Waals surface area contributed by atoms with Gasteiger partial charge in [0.15, 0.2) is 0 Å². The van der Waals surface area contributed by atoms with E-state index in [1.165, 1.54) is 0 Å². The van der Waals surface area contributed by atoms with Gasteiger partial charge in [-0.15, -0.1) is 0 Å². The Bertz CT molecular complexity index is 303. The van der Waals surface area contributed by atoms with E-state index in [1.54, 1.807) is 0 Å². The monoisotopic (exact) mass is 197 g/mol. The third-order valence-electron chi connectivity index (χ3n) is 2.33. The van der Waals surface area contributed by atoms with E-state index in [4.69, 9.17) is 11.6 Å². The summed E-state index contributed by atoms with van der Waals surface area (Å²) in [7, 11) is 0. The molecule has 2 unspecified atom stereocenters. The molecule has 0 radical (unpaired) electrons. The summed E-state index contributed by atoms with van der Waals surface area (Å²) in [5.41, 5.74) is 1.83. The highest BCUT2D eigenvalue weighted by molar-refractivity contribution is 6.21. The molecule has 1 aromatic carbocycles. The van der Waals surface area contributed by atoms with Gasteiger partial charge >= 0.3 is 0 Å². The van der Waals surface area contributed by atoms with Crippen molar-refractivity contribution in [3.05, 3.63) is 29.8 Å². The molecule has 0 saturated heterocycles. The van der Waals surface area contributed by atoms with E-state index in [2.05, 4.69) is 5.32 Å². The molecule has 2 atom stereocenters. The summed E-state index contributed by atoms with van der Waals surface area (Å²) in [5, 5.41) is 12.9. The van der Waals surface area contributed by atoms with Gasteiger partial charge in [-0.2, -0.15) is 0 Å². The Morgan fingerprint density at radius 2 is 2.08 bits per heavy atom. The lowest BCUT2D eigenvalue weighted by atomic mass is 10.1. The summed E-state index contributed by atoms with van der Waals surface area (Å²) in [6.45, 7) is 0. The van der Waals surface area contributed by atoms with Gasteiger partial charge < -0.3 is 10.4 Å². The van der Waals surface area contributed by atoms with Crippen molar-refractivity contribution in [3.63, 3.8) is 0 Å². The lowest BCUT2D eigenvalue weighted by Gasteiger charge is -2.11. The number of hydrogen-bond donors (Lipinski definition) is 2. The zero-order chi connectivity index (χ0) is 9.26. The van der Waals surface area contributed by atoms with Gasteiger partial charge in [-0.25, -0.2) is 0 Å². The van der Waals surface area contributed by atoms with E-state index in [0.29, 0.717) is 0 Å². The molecule has 70 valence electrons. The van der Waals surface area contributed by atoms with E-state index in [1.807, 2.05) is 24.3 Å². The Morgan fingerprint density at radius 3 is 2.92 bits per heavy atom. The molecule has 2 N–H and O–H groups in total. The molecule has 0 aromatic heterocycles. The highest BCUT2D eigenvalue weighted by Crippen LogP contribution is 2.31. The van der Waals surface area contributed by atoms with Gasteiger partial charge in [0.1, 0.15) is 5.50 Å². The molecule has 0 saturated carbocycles. The van der Waals surface area contributed by atoms with Crippen LogP contribution in [0.25, 0.3) is 0 Å². The fourth-order valence-electron chi connectivity index (χ4n) is 1.62. The Balaban J connectivity index is 2.38. The molecular formula is C10H12ClNO. The summed E-state index contributed by atoms with van der Waals surface area (Å²) in [5.74, 6) is 0. The van der Waals surface area contributed by atoms with Crippen LogP contribution in [0, 0.1) is 0 Å². The highest BCUT2D eigenvalue weighted by atomic mass is 35.5. The molecule has 0 aliphatic carbocycles. The van der Waals surface area contributed by atoms with Gasteiger partial charge in [0.05, 0.1) is 6.10 Å². The molecule has 0 fully saturated rings. The van der Waals surface area contributed by atoms with Gasteiger partial charge in [-0.3, -0.25) is 0 Å². The summed E-state index contributed by atoms with van der Waals surface area (Å²) >= 11 is 5.99. The molecule has 2 nitrogen and oxygen atoms in total. The quantitative estimate of drug-likeness (QED) is 0.495. The molecule has 0 bridgehead atoms. The maximum atomic E-state index is 9.76. The Morgan fingerprint density at radius 1 is 1.31 bits per heavy atom. The number of anilines is 1. The number of aliphatic hydroxyl groups is 1. The van der Waals surface area contributed by atoms with Crippen molar-refractivity contribution >= 4 is 17.3 Å². The summed E-state index contributed by atoms with van der Waals surface area (Å²) < 4.78 is 0. The van der Waals surface area contributed by atoms with Crippen LogP contribution in [-0.2, 0) is 0 Å². The number of nitrogens with one attached hydrogen (secondary N) is 1. The maximum absolute atomic E-state index is 9.76. The molecule has 2 rings (SSSR count). The number of hydrogen-bond acceptors (Lipinski definition) is 2. The SMILES string of the molecule is OC1CCC(Cl)Nc2ccccc21. The second kappa shape index (κ2) is 3.56. The van der Waals surface area contributed by atoms with Crippen molar-refractivity contribution in [3.8, 4) is 0 Å². The van der Waals surface area contributed by atoms with E-state index in [9.17, 15) is 5.11 Å². The molecule has 13 heavy (non-hydrogen) atoms. The van der Waals surface area contributed by atoms with Gasteiger partial charge in [-0.1, -0.05) is 29.8 Å². The van der Waals surface area contributed by atoms with Crippen LogP contribution in [0.5, 0.6) is 0 Å². The minimum Gasteiger partial charge on any atom is -0.388 e. The zero-order valence-electron chi connectivity index (χ0n) is 7.20. The zero-order valence-corrected chi connectivity index (χ0v) is 7.96. The van der Waals surface area contributed by atoms with Crippen LogP contribution in [0.1, 0.15) is 24.5 Å². The average Bonchev–Trinajstić information content (AvgIpc) is 2.27. The normalized spacial score (nSPS) is 27.2. The molecule has 1 aliphatic rings. The fraction of sp³-hybridized carbons (Fsp3) is 0.400. The fourth-order valence-corrected chi connectivity index (χ4v) is 1.86. The molecule has 0 spiro atoms. The number of para-hydroxylation sites is 1. The standard InChI is InChI=1S/C10H12ClNO/c11-10-6-5-9(13)7-3-1-2-4-8(7)12-10/h1-4,9-10,12-13H,5-6H2. The Hall–Kier alpha value is -0.730. The van der Waals surface area contributed by atoms with Crippen LogP contribution in [0.4, 0.5) is 5.69 Å². The van der Waals surface area contributed by atoms with Crippen LogP contribution in [0.3, 0.4) is 0 Å². The Kier molecular flexibility index (Phi) is 2.42. The summed E-state index contributed by atoms with van der Waals surface area (Å²) in [4.78, 5) is 0. The first kappa shape index (κ1) is 8.85. The van der Waals surface area contributed by atoms with Crippen molar-refractivity contribution in [2.75, 3.05) is 5.32 Å². The topological polar surface area (TPSA) is 32.3 Å². The Labute approximate surface area is 82.5 Å². The first-order valence-corrected chi connectivity index (χ1v) is 4.88. The number of alkyl halides is 1. The van der Waals surface area contributed by atoms with E-state index < -0.39 is 0 Å². The molecular weight excluding hydrogens is 186 g/mol. The van der Waals surface area contributed by atoms with Crippen LogP contribution >= 0.6 is 11.6 Å². The first-order chi connectivity index (χ1) is 6.27. The third-order valence-corrected chi connectivity index (χ3v) is 2.65. The predicted octanol–water partition coefficient (Wildman–Crippen LogP) is 2.49. The molecule has 0 amide bonds. The van der Waals surface area contributed by atoms with E-state index >= 15 is 0 Å². The minimum atomic E-state index is -0.382. The van der Waals surface area contributed by atoms with Gasteiger partial charge in [0.25, 0.3) is 0 Å². The van der Waals surface area contributed by atoms with Crippen LogP contribution < -0.4 is 5.32 Å². The minimum absolute atomic E-state index is 0.0710. The number of fused-ring (bicyclic) bond motifs is 1. The van der Waals surface area contributed by atoms with E-state index in [0.717, 1.165) is 24.1 Å². The van der Waals surface area contributed by atoms with Crippen LogP contribution in [0.2, 0.25) is 0 Å². The van der Waals surface area contributed by atoms with E-state index in [-0.39, 0.29) is 11.6 Å². The average molecular weight is 198 g/mol. The summed E-state index contributed by atoms with van der Waals surface area (Å²) in [6.07, 6.45) is 1.13. The van der Waals surface area contributed by atoms with Gasteiger partial charge in [0.2, 0.25) is 0 Å². The largest absolute Gasteiger partial charge is 0.388 e. The highest BCUT2D eigenvalue weighted by Gasteiger charge is 2.19. The van der Waals surface area contributed by atoms with Crippen molar-refractivity contribution in [2.45, 2.75) is 24.4 Å². The first-order valence-electron chi connectivity index (χ1n) is 4.45. The second-order valence-corrected chi connectivity index (χ2v) is 3.82. The van der Waals surface area contributed by atoms with Crippen LogP contribution in [-0.4, -0.2) is 10.6 Å². The lowest BCUT2D eigenvalue weighted by Crippen LogP contribution is -2.09. The van der Waals surface area contributed by atoms with Crippen molar-refractivity contribution in [1.82, 2.24) is 0 Å². The molecule has 1 heterocycles. The van der Waals surface area contributed by atoms with Crippen molar-refractivity contribution in [1.29, 1.82) is 0 Å². The predicted molar refractivity (Wildman–Crippen MR) is 53.9 cm³/mol. The number of halogens is 1. The van der Waals surface area contributed by atoms with Crippen molar-refractivity contribution in [2.24, 2.45) is 0 Å². The lowest BCUT2D eigenvalue weighted by molar-refractivity contribution is 0.168. The molecule has 3 heteroatoms. The van der Waals surface area contributed by atoms with Gasteiger partial charge in [-0.05, 0) is 18.9 Å². The maximum Gasteiger partial charge on any atom is 0.101 e. The third kappa shape index (κ3) is 1.79. The number of aliphatic hydroxyl groups excluding tert-OH is 1. The van der Waals surface area contributed by atoms with Crippen molar-refractivity contribution < 1.29 is 5.11 Å². The second-order valence-electron chi connectivity index (χ2n) is 3.29. The summed E-state index contributed by atoms with van der Waals surface area (Å²) in [6, 6.07) is 7.74.